The molecule has 0 spiro atoms. The molecule has 15 heteroatoms. The number of esters is 2. The van der Waals surface area contributed by atoms with Crippen LogP contribution in [0.3, 0.4) is 0 Å². The lowest BCUT2D eigenvalue weighted by Gasteiger charge is -2.34. The van der Waals surface area contributed by atoms with E-state index >= 15 is 0 Å². The van der Waals surface area contributed by atoms with E-state index in [1.807, 2.05) is 0 Å². The first-order chi connectivity index (χ1) is 16.5. The zero-order valence-electron chi connectivity index (χ0n) is 18.3. The monoisotopic (exact) mass is 576 g/mol. The van der Waals surface area contributed by atoms with Gasteiger partial charge in [0.1, 0.15) is 13.2 Å². The first kappa shape index (κ1) is 30.0. The Morgan fingerprint density at radius 2 is 1.25 bits per heavy atom. The van der Waals surface area contributed by atoms with Crippen LogP contribution in [-0.4, -0.2) is 57.7 Å². The Balaban J connectivity index is 2.06. The standard InChI is InChI=1S/C21H19Cl2F4O8P/c1-2-33-17(28)15-7-3-13(4-8-15)14-5-9-16(10-6-14)18(29)34-11-19(22,23)21(26,27)20(24,25)12-35-36(30,31)32/h3-10H,2,11-12H2,1H3,(H2,30,31,32). The van der Waals surface area contributed by atoms with Crippen molar-refractivity contribution < 1.29 is 55.5 Å². The van der Waals surface area contributed by atoms with Gasteiger partial charge in [-0.05, 0) is 42.3 Å². The van der Waals surface area contributed by atoms with E-state index < -0.39 is 49.2 Å². The summed E-state index contributed by atoms with van der Waals surface area (Å²) in [5.74, 6) is -12.3. The average molecular weight is 577 g/mol. The first-order valence-electron chi connectivity index (χ1n) is 9.89. The van der Waals surface area contributed by atoms with Gasteiger partial charge in [-0.25, -0.2) is 14.2 Å². The van der Waals surface area contributed by atoms with Gasteiger partial charge in [-0.2, -0.15) is 17.6 Å². The van der Waals surface area contributed by atoms with Crippen LogP contribution >= 0.6 is 31.0 Å². The van der Waals surface area contributed by atoms with Crippen LogP contribution in [0.15, 0.2) is 48.5 Å². The van der Waals surface area contributed by atoms with E-state index in [2.05, 4.69) is 9.26 Å². The average Bonchev–Trinajstić information content (AvgIpc) is 2.81. The summed E-state index contributed by atoms with van der Waals surface area (Å²) in [4.78, 5) is 40.8. The highest BCUT2D eigenvalue weighted by molar-refractivity contribution is 7.46. The van der Waals surface area contributed by atoms with Gasteiger partial charge in [0.2, 0.25) is 4.33 Å². The van der Waals surface area contributed by atoms with Crippen LogP contribution in [0.4, 0.5) is 17.6 Å². The minimum atomic E-state index is -5.50. The van der Waals surface area contributed by atoms with Crippen LogP contribution in [0.25, 0.3) is 11.1 Å². The molecule has 0 aliphatic heterocycles. The lowest BCUT2D eigenvalue weighted by molar-refractivity contribution is -0.232. The molecule has 0 aliphatic carbocycles. The van der Waals surface area contributed by atoms with E-state index in [4.69, 9.17) is 37.7 Å². The summed E-state index contributed by atoms with van der Waals surface area (Å²) < 4.78 is 75.8. The molecule has 0 heterocycles. The quantitative estimate of drug-likeness (QED) is 0.161. The molecule has 2 N–H and O–H groups in total. The molecule has 0 saturated carbocycles. The highest BCUT2D eigenvalue weighted by Gasteiger charge is 2.69. The second-order valence-corrected chi connectivity index (χ2v) is 9.92. The van der Waals surface area contributed by atoms with Crippen molar-refractivity contribution in [2.45, 2.75) is 23.1 Å². The summed E-state index contributed by atoms with van der Waals surface area (Å²) >= 11 is 10.7. The number of hydrogen-bond donors (Lipinski definition) is 2. The Labute approximate surface area is 212 Å². The van der Waals surface area contributed by atoms with E-state index in [9.17, 15) is 31.7 Å². The molecule has 0 aliphatic rings. The number of halogens is 6. The number of alkyl halides is 6. The molecule has 2 aromatic carbocycles. The Bertz CT molecular complexity index is 1120. The number of ether oxygens (including phenoxy) is 2. The van der Waals surface area contributed by atoms with Gasteiger partial charge in [0.05, 0.1) is 17.7 Å². The summed E-state index contributed by atoms with van der Waals surface area (Å²) in [5, 5.41) is 0. The number of benzene rings is 2. The predicted molar refractivity (Wildman–Crippen MR) is 120 cm³/mol. The maximum atomic E-state index is 14.2. The molecule has 2 rings (SSSR count). The third-order valence-electron chi connectivity index (χ3n) is 4.57. The zero-order chi connectivity index (χ0) is 27.4. The van der Waals surface area contributed by atoms with Crippen molar-refractivity contribution >= 4 is 43.0 Å². The normalized spacial score (nSPS) is 12.8. The van der Waals surface area contributed by atoms with Crippen LogP contribution in [-0.2, 0) is 18.6 Å². The molecule has 0 radical (unpaired) electrons. The van der Waals surface area contributed by atoms with Crippen molar-refractivity contribution in [3.05, 3.63) is 59.7 Å². The third kappa shape index (κ3) is 7.41. The second-order valence-electron chi connectivity index (χ2n) is 7.20. The summed E-state index contributed by atoms with van der Waals surface area (Å²) in [7, 11) is -5.50. The number of carbonyl (C=O) groups is 2. The van der Waals surface area contributed by atoms with Crippen molar-refractivity contribution in [2.24, 2.45) is 0 Å². The molecule has 2 aromatic rings. The smallest absolute Gasteiger partial charge is 0.462 e. The molecular formula is C21H19Cl2F4O8P. The van der Waals surface area contributed by atoms with Crippen LogP contribution in [0, 0.1) is 0 Å². The predicted octanol–water partition coefficient (Wildman–Crippen LogP) is 5.24. The largest absolute Gasteiger partial charge is 0.469 e. The second kappa shape index (κ2) is 11.5. The van der Waals surface area contributed by atoms with Crippen molar-refractivity contribution in [3.63, 3.8) is 0 Å². The highest BCUT2D eigenvalue weighted by atomic mass is 35.5. The van der Waals surface area contributed by atoms with Gasteiger partial charge in [0, 0.05) is 0 Å². The SMILES string of the molecule is CCOC(=O)c1ccc(-c2ccc(C(=O)OCC(Cl)(Cl)C(F)(F)C(F)(F)COP(=O)(O)O)cc2)cc1. The van der Waals surface area contributed by atoms with Gasteiger partial charge in [0.25, 0.3) is 0 Å². The Hall–Kier alpha value is -2.21. The van der Waals surface area contributed by atoms with Gasteiger partial charge in [-0.3, -0.25) is 4.52 Å². The molecule has 0 amide bonds. The van der Waals surface area contributed by atoms with Gasteiger partial charge in [-0.15, -0.1) is 0 Å². The van der Waals surface area contributed by atoms with Gasteiger partial charge in [-0.1, -0.05) is 47.5 Å². The van der Waals surface area contributed by atoms with Crippen LogP contribution < -0.4 is 0 Å². The van der Waals surface area contributed by atoms with Gasteiger partial charge in [0.15, 0.2) is 0 Å². The molecule has 0 atom stereocenters. The molecule has 0 unspecified atom stereocenters. The van der Waals surface area contributed by atoms with E-state index in [1.54, 1.807) is 19.1 Å². The van der Waals surface area contributed by atoms with Crippen LogP contribution in [0.5, 0.6) is 0 Å². The van der Waals surface area contributed by atoms with E-state index in [-0.39, 0.29) is 12.2 Å². The fraction of sp³-hybridized carbons (Fsp3) is 0.333. The minimum absolute atomic E-state index is 0.147. The topological polar surface area (TPSA) is 119 Å². The fourth-order valence-corrected chi connectivity index (χ4v) is 3.38. The van der Waals surface area contributed by atoms with E-state index in [0.29, 0.717) is 16.7 Å². The highest BCUT2D eigenvalue weighted by Crippen LogP contribution is 2.50. The first-order valence-corrected chi connectivity index (χ1v) is 12.2. The lowest BCUT2D eigenvalue weighted by Crippen LogP contribution is -2.57. The van der Waals surface area contributed by atoms with Crippen LogP contribution in [0.2, 0.25) is 0 Å². The number of phosphoric acid groups is 1. The van der Waals surface area contributed by atoms with Crippen molar-refractivity contribution in [1.29, 1.82) is 0 Å². The molecule has 0 aromatic heterocycles. The maximum absolute atomic E-state index is 14.2. The molecule has 8 nitrogen and oxygen atoms in total. The number of hydrogen-bond acceptors (Lipinski definition) is 6. The van der Waals surface area contributed by atoms with Crippen molar-refractivity contribution in [3.8, 4) is 11.1 Å². The minimum Gasteiger partial charge on any atom is -0.462 e. The zero-order valence-corrected chi connectivity index (χ0v) is 20.7. The number of phosphoric ester groups is 1. The molecular weight excluding hydrogens is 558 g/mol. The van der Waals surface area contributed by atoms with Gasteiger partial charge < -0.3 is 19.3 Å². The Morgan fingerprint density at radius 3 is 1.64 bits per heavy atom. The molecule has 0 fully saturated rings. The molecule has 0 saturated heterocycles. The number of carbonyl (C=O) groups excluding carboxylic acids is 2. The molecule has 36 heavy (non-hydrogen) atoms. The summed E-state index contributed by atoms with van der Waals surface area (Å²) in [6.07, 6.45) is 0. The summed E-state index contributed by atoms with van der Waals surface area (Å²) in [6.45, 7) is -2.10. The van der Waals surface area contributed by atoms with Gasteiger partial charge >= 0.3 is 31.6 Å². The van der Waals surface area contributed by atoms with Crippen LogP contribution in [0.1, 0.15) is 27.6 Å². The molecule has 0 bridgehead atoms. The summed E-state index contributed by atoms with van der Waals surface area (Å²) in [6, 6.07) is 11.8. The third-order valence-corrected chi connectivity index (χ3v) is 5.73. The summed E-state index contributed by atoms with van der Waals surface area (Å²) in [5.41, 5.74) is 1.47. The van der Waals surface area contributed by atoms with Crippen molar-refractivity contribution in [1.82, 2.24) is 0 Å². The van der Waals surface area contributed by atoms with E-state index in [0.717, 1.165) is 0 Å². The number of rotatable bonds is 11. The lowest BCUT2D eigenvalue weighted by atomic mass is 10.0. The van der Waals surface area contributed by atoms with Crippen molar-refractivity contribution in [2.75, 3.05) is 19.8 Å². The van der Waals surface area contributed by atoms with E-state index in [1.165, 1.54) is 36.4 Å². The maximum Gasteiger partial charge on any atom is 0.469 e. The fourth-order valence-electron chi connectivity index (χ4n) is 2.67. The molecule has 198 valence electrons. The Morgan fingerprint density at radius 1 is 0.833 bits per heavy atom. The Kier molecular flexibility index (Phi) is 9.55.